The number of carbonyl (C=O) groups excluding carboxylic acids is 1. The smallest absolute Gasteiger partial charge is 0.132 e. The Morgan fingerprint density at radius 1 is 0.565 bits per heavy atom. The van der Waals surface area contributed by atoms with Gasteiger partial charge >= 0.3 is 0 Å². The molecule has 0 aromatic rings. The predicted octanol–water partition coefficient (Wildman–Crippen LogP) is 7.78. The van der Waals surface area contributed by atoms with Crippen molar-refractivity contribution in [3.05, 3.63) is 11.1 Å². The van der Waals surface area contributed by atoms with E-state index in [1.54, 1.807) is 11.1 Å². The molecule has 0 bridgehead atoms. The van der Waals surface area contributed by atoms with Gasteiger partial charge in [-0.3, -0.25) is 4.79 Å². The Kier molecular flexibility index (Phi) is 15.9. The second-order valence-electron chi connectivity index (χ2n) is 7.24. The molecule has 136 valence electrons. The summed E-state index contributed by atoms with van der Waals surface area (Å²) < 4.78 is 0. The summed E-state index contributed by atoms with van der Waals surface area (Å²) >= 11 is 0. The molecule has 23 heavy (non-hydrogen) atoms. The molecule has 1 heteroatoms. The van der Waals surface area contributed by atoms with Crippen LogP contribution in [0.1, 0.15) is 124 Å². The Bertz CT molecular complexity index is 314. The van der Waals surface area contributed by atoms with E-state index in [4.69, 9.17) is 0 Å². The normalized spacial score (nSPS) is 12.3. The van der Waals surface area contributed by atoms with E-state index in [0.29, 0.717) is 12.2 Å². The fourth-order valence-electron chi connectivity index (χ4n) is 3.02. The van der Waals surface area contributed by atoms with Crippen molar-refractivity contribution in [1.82, 2.24) is 0 Å². The minimum absolute atomic E-state index is 0.425. The molecular formula is C22H42O. The minimum atomic E-state index is 0.425. The zero-order valence-electron chi connectivity index (χ0n) is 16.5. The molecule has 0 aromatic heterocycles. The van der Waals surface area contributed by atoms with E-state index in [1.807, 2.05) is 6.92 Å². The van der Waals surface area contributed by atoms with Gasteiger partial charge in [0.05, 0.1) is 0 Å². The topological polar surface area (TPSA) is 17.1 Å². The van der Waals surface area contributed by atoms with Gasteiger partial charge in [0.25, 0.3) is 0 Å². The first-order chi connectivity index (χ1) is 11.1. The zero-order chi connectivity index (χ0) is 17.3. The van der Waals surface area contributed by atoms with Crippen LogP contribution in [0, 0.1) is 0 Å². The van der Waals surface area contributed by atoms with E-state index in [-0.39, 0.29) is 0 Å². The minimum Gasteiger partial charge on any atom is -0.300 e. The number of allylic oxidation sites excluding steroid dienone is 2. The van der Waals surface area contributed by atoms with Gasteiger partial charge in [-0.2, -0.15) is 0 Å². The molecule has 0 aliphatic rings. The van der Waals surface area contributed by atoms with E-state index in [2.05, 4.69) is 20.8 Å². The Morgan fingerprint density at radius 3 is 1.39 bits per heavy atom. The third-order valence-corrected chi connectivity index (χ3v) is 5.04. The van der Waals surface area contributed by atoms with Gasteiger partial charge in [0.15, 0.2) is 0 Å². The van der Waals surface area contributed by atoms with Crippen molar-refractivity contribution in [3.8, 4) is 0 Å². The maximum Gasteiger partial charge on any atom is 0.132 e. The van der Waals surface area contributed by atoms with Crippen molar-refractivity contribution in [3.63, 3.8) is 0 Å². The first-order valence-corrected chi connectivity index (χ1v) is 10.3. The molecule has 0 rings (SSSR count). The van der Waals surface area contributed by atoms with E-state index < -0.39 is 0 Å². The lowest BCUT2D eigenvalue weighted by atomic mass is 9.98. The lowest BCUT2D eigenvalue weighted by Gasteiger charge is -2.08. The van der Waals surface area contributed by atoms with Crippen molar-refractivity contribution in [2.75, 3.05) is 0 Å². The van der Waals surface area contributed by atoms with Crippen LogP contribution < -0.4 is 0 Å². The number of unbranched alkanes of at least 4 members (excludes halogenated alkanes) is 9. The highest BCUT2D eigenvalue weighted by molar-refractivity contribution is 5.77. The molecule has 0 saturated heterocycles. The number of carbonyl (C=O) groups is 1. The zero-order valence-corrected chi connectivity index (χ0v) is 16.5. The highest BCUT2D eigenvalue weighted by Crippen LogP contribution is 2.19. The molecule has 0 aliphatic heterocycles. The maximum atomic E-state index is 11.2. The summed E-state index contributed by atoms with van der Waals surface area (Å²) in [5.41, 5.74) is 3.26. The summed E-state index contributed by atoms with van der Waals surface area (Å²) in [6.45, 7) is 8.90. The first-order valence-electron chi connectivity index (χ1n) is 10.3. The van der Waals surface area contributed by atoms with E-state index in [1.165, 1.54) is 77.0 Å². The van der Waals surface area contributed by atoms with Gasteiger partial charge in [-0.1, -0.05) is 76.4 Å². The molecule has 0 saturated carbocycles. The summed E-state index contributed by atoms with van der Waals surface area (Å²) in [5, 5.41) is 0. The fraction of sp³-hybridized carbons (Fsp3) is 0.864. The monoisotopic (exact) mass is 322 g/mol. The van der Waals surface area contributed by atoms with Crippen molar-refractivity contribution in [2.24, 2.45) is 0 Å². The number of ketones is 1. The summed E-state index contributed by atoms with van der Waals surface area (Å²) in [4.78, 5) is 11.2. The largest absolute Gasteiger partial charge is 0.300 e. The molecule has 0 fully saturated rings. The molecule has 0 heterocycles. The third kappa shape index (κ3) is 14.7. The lowest BCUT2D eigenvalue weighted by molar-refractivity contribution is -0.118. The summed E-state index contributed by atoms with van der Waals surface area (Å²) in [6.07, 6.45) is 18.7. The van der Waals surface area contributed by atoms with Crippen molar-refractivity contribution in [2.45, 2.75) is 124 Å². The van der Waals surface area contributed by atoms with Crippen LogP contribution >= 0.6 is 0 Å². The molecule has 0 aliphatic carbocycles. The van der Waals surface area contributed by atoms with Crippen LogP contribution in [-0.4, -0.2) is 5.78 Å². The fourth-order valence-corrected chi connectivity index (χ4v) is 3.02. The van der Waals surface area contributed by atoms with Gasteiger partial charge in [0.1, 0.15) is 5.78 Å². The Morgan fingerprint density at radius 2 is 0.957 bits per heavy atom. The standard InChI is InChI=1S/C22H42O/c1-5-7-8-9-11-14-17-20(3)21(4)18-15-12-10-13-16-19-22(23)6-2/h5-19H2,1-4H3/b21-20-. The number of rotatable bonds is 16. The molecule has 0 spiro atoms. The summed E-state index contributed by atoms with van der Waals surface area (Å²) in [7, 11) is 0. The average Bonchev–Trinajstić information content (AvgIpc) is 2.56. The van der Waals surface area contributed by atoms with Gasteiger partial charge in [0, 0.05) is 12.8 Å². The van der Waals surface area contributed by atoms with E-state index >= 15 is 0 Å². The second-order valence-corrected chi connectivity index (χ2v) is 7.24. The van der Waals surface area contributed by atoms with Crippen molar-refractivity contribution >= 4 is 5.78 Å². The third-order valence-electron chi connectivity index (χ3n) is 5.04. The Labute approximate surface area is 146 Å². The van der Waals surface area contributed by atoms with E-state index in [9.17, 15) is 4.79 Å². The Hall–Kier alpha value is -0.590. The molecule has 0 atom stereocenters. The quantitative estimate of drug-likeness (QED) is 0.209. The molecule has 1 nitrogen and oxygen atoms in total. The Balaban J connectivity index is 3.54. The van der Waals surface area contributed by atoms with Crippen LogP contribution in [0.2, 0.25) is 0 Å². The molecular weight excluding hydrogens is 280 g/mol. The molecule has 0 radical (unpaired) electrons. The second kappa shape index (κ2) is 16.3. The number of hydrogen-bond acceptors (Lipinski definition) is 1. The van der Waals surface area contributed by atoms with Gasteiger partial charge in [-0.05, 0) is 46.0 Å². The SMILES string of the molecule is CCCCCCCC/C(C)=C(/C)CCCCCCCC(=O)CC. The lowest BCUT2D eigenvalue weighted by Crippen LogP contribution is -1.94. The van der Waals surface area contributed by atoms with Crippen LogP contribution in [0.15, 0.2) is 11.1 Å². The number of hydrogen-bond donors (Lipinski definition) is 0. The molecule has 0 aromatic carbocycles. The highest BCUT2D eigenvalue weighted by atomic mass is 16.1. The van der Waals surface area contributed by atoms with Crippen LogP contribution in [0.25, 0.3) is 0 Å². The van der Waals surface area contributed by atoms with Gasteiger partial charge < -0.3 is 0 Å². The predicted molar refractivity (Wildman–Crippen MR) is 104 cm³/mol. The van der Waals surface area contributed by atoms with E-state index in [0.717, 1.165) is 12.8 Å². The van der Waals surface area contributed by atoms with Gasteiger partial charge in [-0.25, -0.2) is 0 Å². The van der Waals surface area contributed by atoms with Crippen LogP contribution in [0.5, 0.6) is 0 Å². The molecule has 0 amide bonds. The average molecular weight is 323 g/mol. The molecule has 0 unspecified atom stereocenters. The number of Topliss-reactive ketones (excluding diaryl/α,β-unsaturated/α-hetero) is 1. The maximum absolute atomic E-state index is 11.2. The van der Waals surface area contributed by atoms with Crippen molar-refractivity contribution < 1.29 is 4.79 Å². The summed E-state index contributed by atoms with van der Waals surface area (Å²) in [6, 6.07) is 0. The van der Waals surface area contributed by atoms with Crippen molar-refractivity contribution in [1.29, 1.82) is 0 Å². The molecule has 0 N–H and O–H groups in total. The van der Waals surface area contributed by atoms with Crippen LogP contribution in [0.4, 0.5) is 0 Å². The van der Waals surface area contributed by atoms with Gasteiger partial charge in [-0.15, -0.1) is 0 Å². The first kappa shape index (κ1) is 22.4. The highest BCUT2D eigenvalue weighted by Gasteiger charge is 2.00. The van der Waals surface area contributed by atoms with Crippen LogP contribution in [-0.2, 0) is 4.79 Å². The van der Waals surface area contributed by atoms with Crippen LogP contribution in [0.3, 0.4) is 0 Å². The summed E-state index contributed by atoms with van der Waals surface area (Å²) in [5.74, 6) is 0.425. The van der Waals surface area contributed by atoms with Gasteiger partial charge in [0.2, 0.25) is 0 Å².